The third-order valence-electron chi connectivity index (χ3n) is 4.43. The third-order valence-corrected chi connectivity index (χ3v) is 4.43. The number of carbonyl (C=O) groups excluding carboxylic acids is 2. The van der Waals surface area contributed by atoms with Crippen molar-refractivity contribution in [1.82, 2.24) is 4.57 Å². The molecule has 0 fully saturated rings. The van der Waals surface area contributed by atoms with Crippen LogP contribution in [0.15, 0.2) is 53.5 Å². The number of rotatable bonds is 8. The van der Waals surface area contributed by atoms with Crippen LogP contribution in [-0.4, -0.2) is 23.4 Å². The number of esters is 1. The Balaban J connectivity index is 1.86. The number of ketones is 1. The third kappa shape index (κ3) is 6.55. The molecule has 2 aromatic rings. The molecule has 0 N–H and O–H groups in total. The Morgan fingerprint density at radius 3 is 2.75 bits per heavy atom. The molecule has 0 aliphatic heterocycles. The van der Waals surface area contributed by atoms with Gasteiger partial charge in [0.15, 0.2) is 5.78 Å². The summed E-state index contributed by atoms with van der Waals surface area (Å²) < 4.78 is 6.34. The molecule has 1 aromatic heterocycles. The van der Waals surface area contributed by atoms with Gasteiger partial charge >= 0.3 is 5.97 Å². The van der Waals surface area contributed by atoms with Crippen molar-refractivity contribution < 1.29 is 14.3 Å². The van der Waals surface area contributed by atoms with Crippen molar-refractivity contribution in [2.45, 2.75) is 39.2 Å². The van der Waals surface area contributed by atoms with E-state index < -0.39 is 0 Å². The molecule has 1 atom stereocenters. The van der Waals surface area contributed by atoms with Crippen molar-refractivity contribution in [1.29, 1.82) is 0 Å². The van der Waals surface area contributed by atoms with Gasteiger partial charge in [-0.15, -0.1) is 0 Å². The average molecular weight is 379 g/mol. The van der Waals surface area contributed by atoms with Gasteiger partial charge in [-0.05, 0) is 31.0 Å². The van der Waals surface area contributed by atoms with Gasteiger partial charge in [0.2, 0.25) is 5.56 Å². The fourth-order valence-corrected chi connectivity index (χ4v) is 2.73. The van der Waals surface area contributed by atoms with E-state index in [1.165, 1.54) is 7.11 Å². The zero-order valence-electron chi connectivity index (χ0n) is 16.3. The minimum atomic E-state index is -0.301. The van der Waals surface area contributed by atoms with Crippen LogP contribution >= 0.6 is 0 Å². The van der Waals surface area contributed by atoms with Crippen LogP contribution in [0.4, 0.5) is 0 Å². The lowest BCUT2D eigenvalue weighted by atomic mass is 9.99. The molecule has 0 amide bonds. The number of aromatic nitrogens is 1. The van der Waals surface area contributed by atoms with Gasteiger partial charge in [-0.2, -0.15) is 0 Å². The molecule has 1 heterocycles. The maximum atomic E-state index is 12.3. The number of pyridine rings is 1. The quantitative estimate of drug-likeness (QED) is 0.305. The van der Waals surface area contributed by atoms with Gasteiger partial charge in [-0.25, -0.2) is 0 Å². The van der Waals surface area contributed by atoms with E-state index in [4.69, 9.17) is 0 Å². The van der Waals surface area contributed by atoms with Crippen molar-refractivity contribution >= 4 is 11.8 Å². The predicted octanol–water partition coefficient (Wildman–Crippen LogP) is 3.45. The van der Waals surface area contributed by atoms with Crippen LogP contribution in [0.2, 0.25) is 0 Å². The summed E-state index contributed by atoms with van der Waals surface area (Å²) in [6.07, 6.45) is 3.96. The normalized spacial score (nSPS) is 11.2. The largest absolute Gasteiger partial charge is 0.469 e. The minimum Gasteiger partial charge on any atom is -0.469 e. The lowest BCUT2D eigenvalue weighted by Gasteiger charge is -2.08. The number of unbranched alkanes of at least 4 members (excludes halogenated alkanes) is 1. The standard InChI is InChI=1S/C23H25NO4/c1-18(23(27)28-2)13-14-21(25)20-11-8-10-19(17-20)9-4-3-6-15-24-16-7-5-12-22(24)26/h5,7-8,10-12,16-18H,3,6,13-15H2,1-2H3/t18-/m0/s1. The molecule has 0 radical (unpaired) electrons. The topological polar surface area (TPSA) is 65.4 Å². The lowest BCUT2D eigenvalue weighted by Crippen LogP contribution is -2.17. The van der Waals surface area contributed by atoms with Crippen LogP contribution in [0.5, 0.6) is 0 Å². The summed E-state index contributed by atoms with van der Waals surface area (Å²) in [7, 11) is 1.35. The molecule has 2 rings (SSSR count). The molecule has 146 valence electrons. The van der Waals surface area contributed by atoms with E-state index in [2.05, 4.69) is 16.6 Å². The summed E-state index contributed by atoms with van der Waals surface area (Å²) in [5, 5.41) is 0. The second kappa shape index (κ2) is 10.9. The van der Waals surface area contributed by atoms with Crippen LogP contribution < -0.4 is 5.56 Å². The van der Waals surface area contributed by atoms with E-state index >= 15 is 0 Å². The highest BCUT2D eigenvalue weighted by Crippen LogP contribution is 2.13. The number of hydrogen-bond acceptors (Lipinski definition) is 4. The van der Waals surface area contributed by atoms with Gasteiger partial charge < -0.3 is 9.30 Å². The zero-order chi connectivity index (χ0) is 20.4. The number of aryl methyl sites for hydroxylation is 1. The number of methoxy groups -OCH3 is 1. The first-order valence-electron chi connectivity index (χ1n) is 9.36. The number of carbonyl (C=O) groups is 2. The van der Waals surface area contributed by atoms with Crippen molar-refractivity contribution in [3.8, 4) is 11.8 Å². The van der Waals surface area contributed by atoms with Crippen molar-refractivity contribution in [3.05, 3.63) is 70.1 Å². The van der Waals surface area contributed by atoms with Crippen molar-refractivity contribution in [3.63, 3.8) is 0 Å². The molecule has 5 heteroatoms. The summed E-state index contributed by atoms with van der Waals surface area (Å²) in [5.74, 6) is 5.55. The summed E-state index contributed by atoms with van der Waals surface area (Å²) in [4.78, 5) is 35.4. The first kappa shape index (κ1) is 21.2. The molecule has 5 nitrogen and oxygen atoms in total. The monoisotopic (exact) mass is 379 g/mol. The number of hydrogen-bond donors (Lipinski definition) is 0. The van der Waals surface area contributed by atoms with Crippen molar-refractivity contribution in [2.75, 3.05) is 7.11 Å². The fourth-order valence-electron chi connectivity index (χ4n) is 2.73. The van der Waals surface area contributed by atoms with Crippen LogP contribution in [0, 0.1) is 17.8 Å². The van der Waals surface area contributed by atoms with Gasteiger partial charge in [-0.1, -0.05) is 37.0 Å². The molecule has 0 saturated carbocycles. The molecular formula is C23H25NO4. The summed E-state index contributed by atoms with van der Waals surface area (Å²) in [6, 6.07) is 12.3. The molecule has 0 bridgehead atoms. The highest BCUT2D eigenvalue weighted by Gasteiger charge is 2.15. The highest BCUT2D eigenvalue weighted by atomic mass is 16.5. The van der Waals surface area contributed by atoms with Crippen LogP contribution in [0.25, 0.3) is 0 Å². The SMILES string of the molecule is COC(=O)[C@@H](C)CCC(=O)c1cccc(C#CCCCn2ccccc2=O)c1. The summed E-state index contributed by atoms with van der Waals surface area (Å²) in [5.41, 5.74) is 1.37. The minimum absolute atomic E-state index is 0.0109. The Bertz CT molecular complexity index is 933. The van der Waals surface area contributed by atoms with Gasteiger partial charge in [-0.3, -0.25) is 14.4 Å². The van der Waals surface area contributed by atoms with Crippen molar-refractivity contribution in [2.24, 2.45) is 5.92 Å². The summed E-state index contributed by atoms with van der Waals surface area (Å²) in [6.45, 7) is 2.38. The zero-order valence-corrected chi connectivity index (χ0v) is 16.3. The first-order valence-corrected chi connectivity index (χ1v) is 9.36. The van der Waals surface area contributed by atoms with E-state index in [1.54, 1.807) is 42.0 Å². The Labute approximate surface area is 165 Å². The number of Topliss-reactive ketones (excluding diaryl/α,β-unsaturated/α-hetero) is 1. The Hall–Kier alpha value is -3.13. The maximum absolute atomic E-state index is 12.3. The fraction of sp³-hybridized carbons (Fsp3) is 0.348. The first-order chi connectivity index (χ1) is 13.5. The Morgan fingerprint density at radius 1 is 1.18 bits per heavy atom. The van der Waals surface area contributed by atoms with Crippen LogP contribution in [0.3, 0.4) is 0 Å². The second-order valence-corrected chi connectivity index (χ2v) is 6.60. The molecule has 28 heavy (non-hydrogen) atoms. The lowest BCUT2D eigenvalue weighted by molar-refractivity contribution is -0.144. The average Bonchev–Trinajstić information content (AvgIpc) is 2.72. The molecule has 0 saturated heterocycles. The van der Waals surface area contributed by atoms with Gasteiger partial charge in [0, 0.05) is 42.8 Å². The molecule has 0 aliphatic carbocycles. The van der Waals surface area contributed by atoms with Gasteiger partial charge in [0.05, 0.1) is 13.0 Å². The molecular weight excluding hydrogens is 354 g/mol. The molecule has 0 spiro atoms. The Kier molecular flexibility index (Phi) is 8.23. The number of ether oxygens (including phenoxy) is 1. The number of benzene rings is 1. The van der Waals surface area contributed by atoms with E-state index in [9.17, 15) is 14.4 Å². The second-order valence-electron chi connectivity index (χ2n) is 6.60. The molecule has 0 unspecified atom stereocenters. The molecule has 1 aromatic carbocycles. The maximum Gasteiger partial charge on any atom is 0.308 e. The van der Waals surface area contributed by atoms with E-state index in [0.717, 1.165) is 12.0 Å². The van der Waals surface area contributed by atoms with Crippen LogP contribution in [0.1, 0.15) is 48.5 Å². The molecule has 0 aliphatic rings. The number of nitrogens with zero attached hydrogens (tertiary/aromatic N) is 1. The predicted molar refractivity (Wildman–Crippen MR) is 108 cm³/mol. The van der Waals surface area contributed by atoms with E-state index in [0.29, 0.717) is 31.4 Å². The van der Waals surface area contributed by atoms with Crippen LogP contribution in [-0.2, 0) is 16.1 Å². The smallest absolute Gasteiger partial charge is 0.308 e. The van der Waals surface area contributed by atoms with E-state index in [1.807, 2.05) is 18.2 Å². The van der Waals surface area contributed by atoms with E-state index in [-0.39, 0.29) is 23.2 Å². The Morgan fingerprint density at radius 2 is 2.00 bits per heavy atom. The highest BCUT2D eigenvalue weighted by molar-refractivity contribution is 5.96. The van der Waals surface area contributed by atoms with Gasteiger partial charge in [0.25, 0.3) is 0 Å². The van der Waals surface area contributed by atoms with Gasteiger partial charge in [0.1, 0.15) is 0 Å². The summed E-state index contributed by atoms with van der Waals surface area (Å²) >= 11 is 0.